The molecule has 1 aromatic carbocycles. The predicted octanol–water partition coefficient (Wildman–Crippen LogP) is 3.34. The highest BCUT2D eigenvalue weighted by Gasteiger charge is 2.29. The minimum absolute atomic E-state index is 0. The maximum Gasteiger partial charge on any atom is 0.243 e. The second kappa shape index (κ2) is 8.18. The highest BCUT2D eigenvalue weighted by Crippen LogP contribution is 2.30. The smallest absolute Gasteiger partial charge is 0.243 e. The molecule has 0 unspecified atom stereocenters. The molecule has 4 nitrogen and oxygen atoms in total. The molecule has 0 bridgehead atoms. The highest BCUT2D eigenvalue weighted by atomic mass is 35.5. The zero-order chi connectivity index (χ0) is 15.6. The molecule has 0 atom stereocenters. The van der Waals surface area contributed by atoms with E-state index in [9.17, 15) is 8.42 Å². The second-order valence-corrected chi connectivity index (χ2v) is 8.17. The zero-order valence-electron chi connectivity index (χ0n) is 12.6. The lowest BCUT2D eigenvalue weighted by molar-refractivity contribution is 0.270. The fourth-order valence-corrected chi connectivity index (χ4v) is 4.70. The number of piperidine rings is 1. The lowest BCUT2D eigenvalue weighted by Crippen LogP contribution is -2.40. The van der Waals surface area contributed by atoms with Crippen molar-refractivity contribution in [2.24, 2.45) is 5.92 Å². The molecule has 1 heterocycles. The van der Waals surface area contributed by atoms with Gasteiger partial charge in [0.05, 0.1) is 4.90 Å². The quantitative estimate of drug-likeness (QED) is 0.862. The van der Waals surface area contributed by atoms with E-state index in [1.807, 2.05) is 7.05 Å². The number of halogens is 3. The Morgan fingerprint density at radius 2 is 1.73 bits per heavy atom. The lowest BCUT2D eigenvalue weighted by atomic mass is 9.98. The molecule has 1 aromatic rings. The Morgan fingerprint density at radius 1 is 1.23 bits per heavy atom. The van der Waals surface area contributed by atoms with Crippen molar-refractivity contribution < 1.29 is 8.42 Å². The molecule has 0 spiro atoms. The standard InChI is InChI=1S/C14H20Cl2N2O2S.ClH/c1-10-13(15)7-12(8-14(10)16)21(19,20)18-5-3-11(4-6-18)9-17-2;/h7-8,11,17H,3-6,9H2,1-2H3;1H. The Labute approximate surface area is 148 Å². The van der Waals surface area contributed by atoms with E-state index in [4.69, 9.17) is 23.2 Å². The van der Waals surface area contributed by atoms with E-state index < -0.39 is 10.0 Å². The van der Waals surface area contributed by atoms with E-state index in [-0.39, 0.29) is 17.3 Å². The lowest BCUT2D eigenvalue weighted by Gasteiger charge is -2.31. The van der Waals surface area contributed by atoms with Gasteiger partial charge in [0.1, 0.15) is 0 Å². The number of sulfonamides is 1. The molecular weight excluding hydrogens is 367 g/mol. The molecule has 0 aromatic heterocycles. The minimum atomic E-state index is -3.52. The third-order valence-electron chi connectivity index (χ3n) is 3.96. The van der Waals surface area contributed by atoms with E-state index in [0.29, 0.717) is 34.6 Å². The van der Waals surface area contributed by atoms with Gasteiger partial charge in [0.2, 0.25) is 10.0 Å². The SMILES string of the molecule is CNCC1CCN(S(=O)(=O)c2cc(Cl)c(C)c(Cl)c2)CC1.Cl. The van der Waals surface area contributed by atoms with Crippen molar-refractivity contribution in [3.8, 4) is 0 Å². The van der Waals surface area contributed by atoms with Crippen LogP contribution in [0.25, 0.3) is 0 Å². The van der Waals surface area contributed by atoms with Crippen LogP contribution >= 0.6 is 35.6 Å². The van der Waals surface area contributed by atoms with Gasteiger partial charge in [-0.25, -0.2) is 8.42 Å². The fraction of sp³-hybridized carbons (Fsp3) is 0.571. The van der Waals surface area contributed by atoms with Crippen LogP contribution < -0.4 is 5.32 Å². The summed E-state index contributed by atoms with van der Waals surface area (Å²) in [6.45, 7) is 3.77. The summed E-state index contributed by atoms with van der Waals surface area (Å²) < 4.78 is 26.8. The first-order chi connectivity index (χ1) is 9.86. The molecule has 126 valence electrons. The van der Waals surface area contributed by atoms with Crippen LogP contribution in [-0.2, 0) is 10.0 Å². The van der Waals surface area contributed by atoms with Crippen LogP contribution in [0.3, 0.4) is 0 Å². The van der Waals surface area contributed by atoms with Crippen molar-refractivity contribution in [1.82, 2.24) is 9.62 Å². The molecule has 0 radical (unpaired) electrons. The molecule has 2 rings (SSSR count). The summed E-state index contributed by atoms with van der Waals surface area (Å²) in [6, 6.07) is 2.97. The van der Waals surface area contributed by atoms with Crippen molar-refractivity contribution in [1.29, 1.82) is 0 Å². The van der Waals surface area contributed by atoms with E-state index in [1.54, 1.807) is 6.92 Å². The van der Waals surface area contributed by atoms with Gasteiger partial charge in [0, 0.05) is 23.1 Å². The van der Waals surface area contributed by atoms with Crippen molar-refractivity contribution in [3.63, 3.8) is 0 Å². The highest BCUT2D eigenvalue weighted by molar-refractivity contribution is 7.89. The van der Waals surface area contributed by atoms with Crippen LogP contribution in [0.4, 0.5) is 0 Å². The van der Waals surface area contributed by atoms with Gasteiger partial charge in [-0.05, 0) is 57.0 Å². The minimum Gasteiger partial charge on any atom is -0.319 e. The van der Waals surface area contributed by atoms with Crippen molar-refractivity contribution in [2.45, 2.75) is 24.7 Å². The Morgan fingerprint density at radius 3 is 2.18 bits per heavy atom. The monoisotopic (exact) mass is 386 g/mol. The van der Waals surface area contributed by atoms with Crippen LogP contribution in [0.15, 0.2) is 17.0 Å². The number of hydrogen-bond acceptors (Lipinski definition) is 3. The molecular formula is C14H21Cl3N2O2S. The molecule has 1 aliphatic rings. The van der Waals surface area contributed by atoms with Gasteiger partial charge >= 0.3 is 0 Å². The Bertz CT molecular complexity index is 592. The average molecular weight is 388 g/mol. The number of rotatable bonds is 4. The molecule has 1 saturated heterocycles. The summed E-state index contributed by atoms with van der Waals surface area (Å²) in [6.07, 6.45) is 1.74. The van der Waals surface area contributed by atoms with E-state index in [2.05, 4.69) is 5.32 Å². The predicted molar refractivity (Wildman–Crippen MR) is 93.9 cm³/mol. The molecule has 0 saturated carbocycles. The topological polar surface area (TPSA) is 49.4 Å². The number of nitrogens with one attached hydrogen (secondary N) is 1. The number of nitrogens with zero attached hydrogens (tertiary/aromatic N) is 1. The molecule has 1 aliphatic heterocycles. The maximum atomic E-state index is 12.7. The number of benzene rings is 1. The van der Waals surface area contributed by atoms with Crippen molar-refractivity contribution in [2.75, 3.05) is 26.7 Å². The third kappa shape index (κ3) is 4.28. The maximum absolute atomic E-state index is 12.7. The van der Waals surface area contributed by atoms with E-state index >= 15 is 0 Å². The first kappa shape index (κ1) is 20.0. The van der Waals surface area contributed by atoms with E-state index in [0.717, 1.165) is 19.4 Å². The molecule has 0 amide bonds. The summed E-state index contributed by atoms with van der Waals surface area (Å²) in [5.74, 6) is 0.534. The van der Waals surface area contributed by atoms with Crippen LogP contribution in [0, 0.1) is 12.8 Å². The summed E-state index contributed by atoms with van der Waals surface area (Å²) in [7, 11) is -1.60. The van der Waals surface area contributed by atoms with Gasteiger partial charge in [0.25, 0.3) is 0 Å². The van der Waals surface area contributed by atoms with Crippen molar-refractivity contribution >= 4 is 45.6 Å². The van der Waals surface area contributed by atoms with Crippen LogP contribution in [0.5, 0.6) is 0 Å². The van der Waals surface area contributed by atoms with Crippen LogP contribution in [0.2, 0.25) is 10.0 Å². The summed E-state index contributed by atoms with van der Waals surface area (Å²) in [4.78, 5) is 0.176. The molecule has 8 heteroatoms. The zero-order valence-corrected chi connectivity index (χ0v) is 15.7. The van der Waals surface area contributed by atoms with Gasteiger partial charge in [0.15, 0.2) is 0 Å². The Kier molecular flexibility index (Phi) is 7.43. The fourth-order valence-electron chi connectivity index (χ4n) is 2.56. The first-order valence-corrected chi connectivity index (χ1v) is 9.16. The summed E-state index contributed by atoms with van der Waals surface area (Å²) >= 11 is 12.1. The van der Waals surface area contributed by atoms with Crippen LogP contribution in [0.1, 0.15) is 18.4 Å². The Hall–Kier alpha value is -0.0400. The number of hydrogen-bond donors (Lipinski definition) is 1. The van der Waals surface area contributed by atoms with Gasteiger partial charge in [-0.15, -0.1) is 12.4 Å². The van der Waals surface area contributed by atoms with Gasteiger partial charge in [-0.1, -0.05) is 23.2 Å². The molecule has 22 heavy (non-hydrogen) atoms. The third-order valence-corrected chi connectivity index (χ3v) is 6.62. The van der Waals surface area contributed by atoms with Crippen LogP contribution in [-0.4, -0.2) is 39.4 Å². The van der Waals surface area contributed by atoms with Crippen molar-refractivity contribution in [3.05, 3.63) is 27.7 Å². The second-order valence-electron chi connectivity index (χ2n) is 5.42. The normalized spacial score (nSPS) is 17.3. The molecule has 1 fully saturated rings. The van der Waals surface area contributed by atoms with Gasteiger partial charge in [-0.2, -0.15) is 4.31 Å². The molecule has 0 aliphatic carbocycles. The largest absolute Gasteiger partial charge is 0.319 e. The first-order valence-electron chi connectivity index (χ1n) is 6.96. The Balaban J connectivity index is 0.00000242. The van der Waals surface area contributed by atoms with Gasteiger partial charge < -0.3 is 5.32 Å². The summed E-state index contributed by atoms with van der Waals surface area (Å²) in [5, 5.41) is 3.90. The van der Waals surface area contributed by atoms with Gasteiger partial charge in [-0.3, -0.25) is 0 Å². The van der Waals surface area contributed by atoms with E-state index in [1.165, 1.54) is 16.4 Å². The summed E-state index contributed by atoms with van der Waals surface area (Å²) in [5.41, 5.74) is 0.699. The molecule has 1 N–H and O–H groups in total. The average Bonchev–Trinajstić information content (AvgIpc) is 2.45.